The maximum absolute atomic E-state index is 12.5. The highest BCUT2D eigenvalue weighted by Gasteiger charge is 2.51. The fourth-order valence-corrected chi connectivity index (χ4v) is 4.50. The molecule has 1 fully saturated rings. The average Bonchev–Trinajstić information content (AvgIpc) is 3.73. The number of benzene rings is 3. The van der Waals surface area contributed by atoms with Crippen LogP contribution in [0.3, 0.4) is 0 Å². The van der Waals surface area contributed by atoms with Gasteiger partial charge in [0.15, 0.2) is 0 Å². The van der Waals surface area contributed by atoms with Crippen LogP contribution in [0, 0.1) is 0 Å². The standard InChI is InChI=1S/C29H24ClN3O5/c1-18(23-4-2-3-5-24(23)30)37-28(36)33-25-16-31-17-32-26(25)38-22-12-8-20(9-13-22)19-6-10-21(11-7-19)29(14-15-29)27(34)35/h2-13,16-18H,14-15H2,1H3,(H,33,36)(H,34,35). The van der Waals surface area contributed by atoms with Gasteiger partial charge < -0.3 is 14.6 Å². The zero-order valence-electron chi connectivity index (χ0n) is 20.4. The molecule has 0 saturated heterocycles. The molecule has 8 nitrogen and oxygen atoms in total. The van der Waals surface area contributed by atoms with Crippen molar-refractivity contribution in [2.75, 3.05) is 5.32 Å². The number of aliphatic carboxylic acids is 1. The normalized spacial score (nSPS) is 14.3. The number of aromatic nitrogens is 2. The monoisotopic (exact) mass is 529 g/mol. The summed E-state index contributed by atoms with van der Waals surface area (Å²) >= 11 is 6.19. The maximum Gasteiger partial charge on any atom is 0.412 e. The minimum Gasteiger partial charge on any atom is -0.481 e. The van der Waals surface area contributed by atoms with Crippen molar-refractivity contribution in [1.82, 2.24) is 9.97 Å². The Balaban J connectivity index is 1.24. The second-order valence-electron chi connectivity index (χ2n) is 9.03. The topological polar surface area (TPSA) is 111 Å². The zero-order chi connectivity index (χ0) is 26.7. The summed E-state index contributed by atoms with van der Waals surface area (Å²) in [4.78, 5) is 32.2. The van der Waals surface area contributed by atoms with E-state index in [4.69, 9.17) is 21.1 Å². The van der Waals surface area contributed by atoms with Crippen molar-refractivity contribution in [2.24, 2.45) is 0 Å². The van der Waals surface area contributed by atoms with E-state index in [2.05, 4.69) is 15.3 Å². The summed E-state index contributed by atoms with van der Waals surface area (Å²) < 4.78 is 11.4. The van der Waals surface area contributed by atoms with E-state index >= 15 is 0 Å². The predicted molar refractivity (Wildman–Crippen MR) is 143 cm³/mol. The predicted octanol–water partition coefficient (Wildman–Crippen LogP) is 7.02. The first kappa shape index (κ1) is 25.2. The second kappa shape index (κ2) is 10.5. The fourth-order valence-electron chi connectivity index (χ4n) is 4.21. The number of anilines is 1. The maximum atomic E-state index is 12.5. The number of nitrogens with one attached hydrogen (secondary N) is 1. The van der Waals surface area contributed by atoms with Gasteiger partial charge in [-0.25, -0.2) is 9.78 Å². The minimum absolute atomic E-state index is 0.155. The lowest BCUT2D eigenvalue weighted by molar-refractivity contribution is -0.140. The average molecular weight is 530 g/mol. The number of halogens is 1. The van der Waals surface area contributed by atoms with Crippen molar-refractivity contribution in [3.8, 4) is 22.8 Å². The Kier molecular flexibility index (Phi) is 6.98. The van der Waals surface area contributed by atoms with Crippen LogP contribution < -0.4 is 10.1 Å². The van der Waals surface area contributed by atoms with Crippen LogP contribution in [0.5, 0.6) is 11.6 Å². The molecule has 0 aliphatic heterocycles. The number of hydrogen-bond donors (Lipinski definition) is 2. The van der Waals surface area contributed by atoms with E-state index in [1.165, 1.54) is 12.5 Å². The molecule has 1 unspecified atom stereocenters. The van der Waals surface area contributed by atoms with Crippen LogP contribution >= 0.6 is 11.6 Å². The van der Waals surface area contributed by atoms with Crippen molar-refractivity contribution in [3.05, 3.63) is 101 Å². The molecule has 0 radical (unpaired) electrons. The molecule has 3 aromatic carbocycles. The van der Waals surface area contributed by atoms with Gasteiger partial charge in [0.1, 0.15) is 23.9 Å². The number of ether oxygens (including phenoxy) is 2. The number of nitrogens with zero attached hydrogens (tertiary/aromatic N) is 2. The van der Waals surface area contributed by atoms with Gasteiger partial charge >= 0.3 is 12.1 Å². The molecule has 192 valence electrons. The SMILES string of the molecule is CC(OC(=O)Nc1cncnc1Oc1ccc(-c2ccc(C3(C(=O)O)CC3)cc2)cc1)c1ccccc1Cl. The molecule has 5 rings (SSSR count). The van der Waals surface area contributed by atoms with Crippen molar-refractivity contribution in [3.63, 3.8) is 0 Å². The highest BCUT2D eigenvalue weighted by atomic mass is 35.5. The quantitative estimate of drug-likeness (QED) is 0.252. The number of carboxylic acids is 1. The van der Waals surface area contributed by atoms with Gasteiger partial charge in [-0.1, -0.05) is 66.2 Å². The van der Waals surface area contributed by atoms with Crippen molar-refractivity contribution in [2.45, 2.75) is 31.3 Å². The van der Waals surface area contributed by atoms with Crippen LogP contribution in [0.15, 0.2) is 85.3 Å². The molecule has 1 heterocycles. The van der Waals surface area contributed by atoms with Crippen LogP contribution in [0.2, 0.25) is 5.02 Å². The Labute approximate surface area is 224 Å². The number of hydrogen-bond acceptors (Lipinski definition) is 6. The van der Waals surface area contributed by atoms with E-state index in [0.29, 0.717) is 29.2 Å². The van der Waals surface area contributed by atoms with Gasteiger partial charge in [-0.3, -0.25) is 10.1 Å². The molecule has 38 heavy (non-hydrogen) atoms. The lowest BCUT2D eigenvalue weighted by Gasteiger charge is -2.16. The number of carboxylic acid groups (broad SMARTS) is 1. The fraction of sp³-hybridized carbons (Fsp3) is 0.172. The molecular formula is C29H24ClN3O5. The first-order valence-electron chi connectivity index (χ1n) is 12.0. The highest BCUT2D eigenvalue weighted by molar-refractivity contribution is 6.31. The third-order valence-electron chi connectivity index (χ3n) is 6.54. The van der Waals surface area contributed by atoms with Gasteiger partial charge in [0.2, 0.25) is 5.88 Å². The Bertz CT molecular complexity index is 1470. The first-order chi connectivity index (χ1) is 18.4. The van der Waals surface area contributed by atoms with E-state index in [0.717, 1.165) is 16.7 Å². The van der Waals surface area contributed by atoms with Gasteiger partial charge in [0, 0.05) is 10.6 Å². The van der Waals surface area contributed by atoms with Crippen LogP contribution in [0.4, 0.5) is 10.5 Å². The lowest BCUT2D eigenvalue weighted by Crippen LogP contribution is -2.19. The van der Waals surface area contributed by atoms with Crippen molar-refractivity contribution >= 4 is 29.4 Å². The minimum atomic E-state index is -0.770. The molecule has 9 heteroatoms. The lowest BCUT2D eigenvalue weighted by atomic mass is 9.94. The Hall–Kier alpha value is -4.43. The Morgan fingerprint density at radius 3 is 2.29 bits per heavy atom. The number of amides is 1. The third kappa shape index (κ3) is 5.31. The zero-order valence-corrected chi connectivity index (χ0v) is 21.2. The smallest absolute Gasteiger partial charge is 0.412 e. The van der Waals surface area contributed by atoms with E-state index in [1.54, 1.807) is 37.3 Å². The summed E-state index contributed by atoms with van der Waals surface area (Å²) in [6.45, 7) is 1.73. The van der Waals surface area contributed by atoms with Crippen molar-refractivity contribution < 1.29 is 24.2 Å². The molecule has 1 aliphatic carbocycles. The number of carbonyl (C=O) groups is 2. The van der Waals surface area contributed by atoms with Gasteiger partial charge in [0.25, 0.3) is 0 Å². The molecule has 0 spiro atoms. The van der Waals surface area contributed by atoms with E-state index in [1.807, 2.05) is 42.5 Å². The van der Waals surface area contributed by atoms with Crippen LogP contribution in [-0.2, 0) is 14.9 Å². The molecule has 4 aromatic rings. The number of rotatable bonds is 8. The summed E-state index contributed by atoms with van der Waals surface area (Å²) in [5.41, 5.74) is 2.95. The van der Waals surface area contributed by atoms with E-state index < -0.39 is 23.6 Å². The summed E-state index contributed by atoms with van der Waals surface area (Å²) in [5, 5.41) is 12.6. The molecule has 1 aromatic heterocycles. The van der Waals surface area contributed by atoms with Gasteiger partial charge in [-0.05, 0) is 54.7 Å². The van der Waals surface area contributed by atoms with Crippen molar-refractivity contribution in [1.29, 1.82) is 0 Å². The van der Waals surface area contributed by atoms with Gasteiger partial charge in [-0.15, -0.1) is 0 Å². The summed E-state index contributed by atoms with van der Waals surface area (Å²) in [7, 11) is 0. The van der Waals surface area contributed by atoms with Crippen LogP contribution in [0.1, 0.15) is 37.0 Å². The summed E-state index contributed by atoms with van der Waals surface area (Å²) in [5.74, 6) is -0.107. The Morgan fingerprint density at radius 1 is 1.00 bits per heavy atom. The molecule has 1 atom stereocenters. The molecule has 1 aliphatic rings. The molecule has 1 amide bonds. The van der Waals surface area contributed by atoms with Gasteiger partial charge in [-0.2, -0.15) is 4.98 Å². The van der Waals surface area contributed by atoms with Crippen LogP contribution in [0.25, 0.3) is 11.1 Å². The highest BCUT2D eigenvalue weighted by Crippen LogP contribution is 2.48. The molecule has 1 saturated carbocycles. The summed E-state index contributed by atoms with van der Waals surface area (Å²) in [6, 6.07) is 22.1. The largest absolute Gasteiger partial charge is 0.481 e. The summed E-state index contributed by atoms with van der Waals surface area (Å²) in [6.07, 6.45) is 2.81. The van der Waals surface area contributed by atoms with Crippen LogP contribution in [-0.4, -0.2) is 27.1 Å². The molecular weight excluding hydrogens is 506 g/mol. The van der Waals surface area contributed by atoms with E-state index in [-0.39, 0.29) is 11.6 Å². The van der Waals surface area contributed by atoms with E-state index in [9.17, 15) is 14.7 Å². The second-order valence-corrected chi connectivity index (χ2v) is 9.43. The first-order valence-corrected chi connectivity index (χ1v) is 12.4. The number of carbonyl (C=O) groups excluding carboxylic acids is 1. The molecule has 0 bridgehead atoms. The molecule has 2 N–H and O–H groups in total. The van der Waals surface area contributed by atoms with Gasteiger partial charge in [0.05, 0.1) is 11.6 Å². The third-order valence-corrected chi connectivity index (χ3v) is 6.88. The Morgan fingerprint density at radius 2 is 1.66 bits per heavy atom.